The van der Waals surface area contributed by atoms with Gasteiger partial charge in [0.15, 0.2) is 0 Å². The first-order chi connectivity index (χ1) is 9.67. The molecule has 0 aliphatic carbocycles. The molecule has 3 saturated heterocycles. The number of fused-ring (bicyclic) bond motifs is 3. The first-order valence-electron chi connectivity index (χ1n) is 7.18. The third-order valence-electron chi connectivity index (χ3n) is 4.45. The molecule has 0 aromatic heterocycles. The van der Waals surface area contributed by atoms with E-state index in [0.717, 1.165) is 18.2 Å². The molecule has 1 aromatic rings. The molecule has 2 bridgehead atoms. The molecule has 20 heavy (non-hydrogen) atoms. The summed E-state index contributed by atoms with van der Waals surface area (Å²) in [6.45, 7) is 3.51. The largest absolute Gasteiger partial charge is 0.380 e. The Balaban J connectivity index is 1.78. The van der Waals surface area contributed by atoms with Gasteiger partial charge in [-0.1, -0.05) is 11.6 Å². The molecular formula is C15H20ClN3O. The third-order valence-corrected chi connectivity index (χ3v) is 4.78. The monoisotopic (exact) mass is 293 g/mol. The van der Waals surface area contributed by atoms with E-state index in [0.29, 0.717) is 16.6 Å². The number of nitrogens with one attached hydrogen (secondary N) is 2. The predicted octanol–water partition coefficient (Wildman–Crippen LogP) is 2.21. The van der Waals surface area contributed by atoms with Gasteiger partial charge in [0.2, 0.25) is 0 Å². The second-order valence-electron chi connectivity index (χ2n) is 5.66. The highest BCUT2D eigenvalue weighted by Gasteiger charge is 2.34. The van der Waals surface area contributed by atoms with E-state index in [2.05, 4.69) is 15.5 Å². The van der Waals surface area contributed by atoms with E-state index in [1.54, 1.807) is 19.2 Å². The van der Waals surface area contributed by atoms with Gasteiger partial charge in [-0.2, -0.15) is 0 Å². The maximum Gasteiger partial charge on any atom is 0.251 e. The molecule has 1 atom stereocenters. The second kappa shape index (κ2) is 5.62. The smallest absolute Gasteiger partial charge is 0.251 e. The summed E-state index contributed by atoms with van der Waals surface area (Å²) >= 11 is 6.26. The van der Waals surface area contributed by atoms with Crippen LogP contribution < -0.4 is 10.6 Å². The molecule has 0 spiro atoms. The molecule has 108 valence electrons. The van der Waals surface area contributed by atoms with Crippen molar-refractivity contribution in [2.75, 3.05) is 32.0 Å². The normalized spacial score (nSPS) is 28.2. The van der Waals surface area contributed by atoms with Crippen LogP contribution in [0.1, 0.15) is 23.2 Å². The zero-order valence-electron chi connectivity index (χ0n) is 11.7. The molecule has 3 aliphatic rings. The number of carbonyl (C=O) groups excluding carboxylic acids is 1. The Hall–Kier alpha value is -1.26. The highest BCUT2D eigenvalue weighted by molar-refractivity contribution is 6.33. The summed E-state index contributed by atoms with van der Waals surface area (Å²) in [7, 11) is 1.64. The average molecular weight is 294 g/mol. The molecule has 3 heterocycles. The van der Waals surface area contributed by atoms with Crippen LogP contribution >= 0.6 is 11.6 Å². The molecule has 3 aliphatic heterocycles. The van der Waals surface area contributed by atoms with Gasteiger partial charge >= 0.3 is 0 Å². The van der Waals surface area contributed by atoms with Crippen molar-refractivity contribution >= 4 is 23.2 Å². The van der Waals surface area contributed by atoms with Crippen molar-refractivity contribution in [3.63, 3.8) is 0 Å². The molecule has 0 radical (unpaired) electrons. The average Bonchev–Trinajstić information content (AvgIpc) is 2.50. The minimum absolute atomic E-state index is 0.0846. The van der Waals surface area contributed by atoms with Crippen LogP contribution in [0.5, 0.6) is 0 Å². The summed E-state index contributed by atoms with van der Waals surface area (Å²) in [5.74, 6) is 0.637. The third kappa shape index (κ3) is 2.63. The lowest BCUT2D eigenvalue weighted by molar-refractivity contribution is 0.0962. The lowest BCUT2D eigenvalue weighted by Gasteiger charge is -2.45. The van der Waals surface area contributed by atoms with E-state index >= 15 is 0 Å². The van der Waals surface area contributed by atoms with Crippen molar-refractivity contribution in [3.8, 4) is 0 Å². The van der Waals surface area contributed by atoms with Crippen LogP contribution in [0.4, 0.5) is 5.69 Å². The number of halogens is 1. The van der Waals surface area contributed by atoms with E-state index in [9.17, 15) is 4.79 Å². The van der Waals surface area contributed by atoms with Crippen LogP contribution in [0.2, 0.25) is 5.02 Å². The Morgan fingerprint density at radius 1 is 1.35 bits per heavy atom. The lowest BCUT2D eigenvalue weighted by Crippen LogP contribution is -2.53. The molecular weight excluding hydrogens is 274 g/mol. The molecule has 1 unspecified atom stereocenters. The maximum absolute atomic E-state index is 11.7. The van der Waals surface area contributed by atoms with Crippen LogP contribution in [0.15, 0.2) is 18.2 Å². The minimum atomic E-state index is -0.0846. The Kier molecular flexibility index (Phi) is 3.85. The van der Waals surface area contributed by atoms with Gasteiger partial charge in [-0.15, -0.1) is 0 Å². The second-order valence-corrected chi connectivity index (χ2v) is 6.07. The fourth-order valence-corrected chi connectivity index (χ4v) is 3.42. The van der Waals surface area contributed by atoms with Crippen molar-refractivity contribution in [3.05, 3.63) is 28.8 Å². The quantitative estimate of drug-likeness (QED) is 0.898. The Morgan fingerprint density at radius 3 is 2.70 bits per heavy atom. The number of rotatable bonds is 3. The topological polar surface area (TPSA) is 44.4 Å². The molecule has 1 aromatic carbocycles. The Morgan fingerprint density at radius 2 is 2.10 bits per heavy atom. The first kappa shape index (κ1) is 13.7. The molecule has 2 N–H and O–H groups in total. The first-order valence-corrected chi connectivity index (χ1v) is 7.55. The predicted molar refractivity (Wildman–Crippen MR) is 81.4 cm³/mol. The molecule has 0 saturated carbocycles. The summed E-state index contributed by atoms with van der Waals surface area (Å²) in [6.07, 6.45) is 2.51. The molecule has 5 heteroatoms. The van der Waals surface area contributed by atoms with E-state index in [1.165, 1.54) is 25.9 Å². The van der Waals surface area contributed by atoms with Gasteiger partial charge in [-0.25, -0.2) is 0 Å². The molecule has 1 amide bonds. The highest BCUT2D eigenvalue weighted by atomic mass is 35.5. The lowest BCUT2D eigenvalue weighted by atomic mass is 9.84. The van der Waals surface area contributed by atoms with Crippen LogP contribution in [0.25, 0.3) is 0 Å². The van der Waals surface area contributed by atoms with E-state index in [4.69, 9.17) is 11.6 Å². The van der Waals surface area contributed by atoms with E-state index in [1.807, 2.05) is 6.07 Å². The summed E-state index contributed by atoms with van der Waals surface area (Å²) in [6, 6.07) is 5.83. The standard InChI is InChI=1S/C15H20ClN3O/c1-17-15(20)11-2-3-12(16)13(8-11)18-14-9-19-6-4-10(14)5-7-19/h2-3,8,10,14,18H,4-7,9H2,1H3,(H,17,20). The number of hydrogen-bond donors (Lipinski definition) is 2. The van der Waals surface area contributed by atoms with Gasteiger partial charge in [0.1, 0.15) is 0 Å². The molecule has 4 nitrogen and oxygen atoms in total. The zero-order chi connectivity index (χ0) is 14.1. The molecule has 3 fully saturated rings. The van der Waals surface area contributed by atoms with Gasteiger partial charge in [-0.05, 0) is 50.0 Å². The maximum atomic E-state index is 11.7. The summed E-state index contributed by atoms with van der Waals surface area (Å²) in [5.41, 5.74) is 1.51. The van der Waals surface area contributed by atoms with Gasteiger partial charge in [0.05, 0.1) is 10.7 Å². The fourth-order valence-electron chi connectivity index (χ4n) is 3.25. The number of anilines is 1. The highest BCUT2D eigenvalue weighted by Crippen LogP contribution is 2.32. The van der Waals surface area contributed by atoms with Crippen molar-refractivity contribution in [1.82, 2.24) is 10.2 Å². The van der Waals surface area contributed by atoms with E-state index in [-0.39, 0.29) is 5.91 Å². The number of nitrogens with zero attached hydrogens (tertiary/aromatic N) is 1. The Bertz CT molecular complexity index is 512. The van der Waals surface area contributed by atoms with Crippen molar-refractivity contribution in [2.45, 2.75) is 18.9 Å². The Labute approximate surface area is 124 Å². The van der Waals surface area contributed by atoms with E-state index < -0.39 is 0 Å². The fraction of sp³-hybridized carbons (Fsp3) is 0.533. The summed E-state index contributed by atoms with van der Waals surface area (Å²) < 4.78 is 0. The number of hydrogen-bond acceptors (Lipinski definition) is 3. The molecule has 4 rings (SSSR count). The van der Waals surface area contributed by atoms with Gasteiger partial charge in [0.25, 0.3) is 5.91 Å². The van der Waals surface area contributed by atoms with Gasteiger partial charge in [0, 0.05) is 25.2 Å². The number of amides is 1. The van der Waals surface area contributed by atoms with Crippen molar-refractivity contribution < 1.29 is 4.79 Å². The number of carbonyl (C=O) groups is 1. The number of piperidine rings is 3. The summed E-state index contributed by atoms with van der Waals surface area (Å²) in [5, 5.41) is 6.86. The summed E-state index contributed by atoms with van der Waals surface area (Å²) in [4.78, 5) is 14.2. The SMILES string of the molecule is CNC(=O)c1ccc(Cl)c(NC2CN3CCC2CC3)c1. The van der Waals surface area contributed by atoms with Crippen LogP contribution in [-0.2, 0) is 0 Å². The zero-order valence-corrected chi connectivity index (χ0v) is 12.4. The van der Waals surface area contributed by atoms with Crippen LogP contribution in [0, 0.1) is 5.92 Å². The van der Waals surface area contributed by atoms with Crippen LogP contribution in [0.3, 0.4) is 0 Å². The van der Waals surface area contributed by atoms with Gasteiger partial charge < -0.3 is 15.5 Å². The number of benzene rings is 1. The van der Waals surface area contributed by atoms with Crippen LogP contribution in [-0.4, -0.2) is 43.5 Å². The minimum Gasteiger partial charge on any atom is -0.380 e. The van der Waals surface area contributed by atoms with Crippen molar-refractivity contribution in [2.24, 2.45) is 5.92 Å². The van der Waals surface area contributed by atoms with Gasteiger partial charge in [-0.3, -0.25) is 4.79 Å². The van der Waals surface area contributed by atoms with Crippen molar-refractivity contribution in [1.29, 1.82) is 0 Å².